The van der Waals surface area contributed by atoms with Gasteiger partial charge in [-0.05, 0) is 24.1 Å². The molecule has 2 aliphatic rings. The van der Waals surface area contributed by atoms with Crippen molar-refractivity contribution in [1.82, 2.24) is 5.32 Å². The quantitative estimate of drug-likeness (QED) is 0.322. The molecular weight excluding hydrogens is 516 g/mol. The van der Waals surface area contributed by atoms with Gasteiger partial charge in [0.25, 0.3) is 0 Å². The first-order valence-electron chi connectivity index (χ1n) is 11.9. The van der Waals surface area contributed by atoms with E-state index in [2.05, 4.69) is 5.32 Å². The van der Waals surface area contributed by atoms with E-state index in [9.17, 15) is 4.79 Å². The summed E-state index contributed by atoms with van der Waals surface area (Å²) in [6.07, 6.45) is 3.92. The van der Waals surface area contributed by atoms with Crippen molar-refractivity contribution in [1.29, 1.82) is 0 Å². The molecule has 1 N–H and O–H groups in total. The molecule has 0 bridgehead atoms. The van der Waals surface area contributed by atoms with Gasteiger partial charge in [-0.2, -0.15) is 0 Å². The Morgan fingerprint density at radius 3 is 2.51 bits per heavy atom. The Morgan fingerprint density at radius 2 is 1.80 bits per heavy atom. The molecule has 1 aliphatic heterocycles. The first-order chi connectivity index (χ1) is 16.9. The van der Waals surface area contributed by atoms with Crippen LogP contribution in [0.1, 0.15) is 55.4 Å². The summed E-state index contributed by atoms with van der Waals surface area (Å²) in [5.74, 6) is 2.58. The predicted molar refractivity (Wildman–Crippen MR) is 141 cm³/mol. The van der Waals surface area contributed by atoms with Crippen molar-refractivity contribution in [2.75, 3.05) is 13.2 Å². The van der Waals surface area contributed by atoms with E-state index in [1.54, 1.807) is 36.4 Å². The Balaban J connectivity index is 1.27. The van der Waals surface area contributed by atoms with Crippen LogP contribution in [0.25, 0.3) is 0 Å². The molecule has 0 radical (unpaired) electrons. The zero-order valence-electron chi connectivity index (χ0n) is 19.4. The SMILES string of the molecule is O=C(NCCc1ccc(Cl)cc1Cl)c1ccc(Oc2c(Cl)cc3c(c2C2CC2)OCC[CH]3[Na])cc1. The van der Waals surface area contributed by atoms with Gasteiger partial charge in [-0.15, -0.1) is 0 Å². The average molecular weight is 539 g/mol. The third-order valence-electron chi connectivity index (χ3n) is 6.60. The minimum atomic E-state index is -0.154. The second-order valence-electron chi connectivity index (χ2n) is 9.20. The second-order valence-corrected chi connectivity index (χ2v) is 11.8. The molecule has 1 aliphatic carbocycles. The Bertz CT molecular complexity index is 1260. The Morgan fingerprint density at radius 1 is 1.03 bits per heavy atom. The molecule has 0 saturated heterocycles. The summed E-state index contributed by atoms with van der Waals surface area (Å²) in [5.41, 5.74) is 3.83. The number of rotatable bonds is 7. The maximum absolute atomic E-state index is 12.6. The average Bonchev–Trinajstić information content (AvgIpc) is 3.67. The summed E-state index contributed by atoms with van der Waals surface area (Å²) in [6.45, 7) is 1.21. The van der Waals surface area contributed by atoms with Crippen LogP contribution in [0.2, 0.25) is 15.1 Å². The third-order valence-corrected chi connectivity index (χ3v) is 8.66. The molecule has 1 fully saturated rings. The van der Waals surface area contributed by atoms with E-state index in [4.69, 9.17) is 44.3 Å². The fourth-order valence-electron chi connectivity index (χ4n) is 4.45. The molecule has 8 heteroatoms. The molecule has 1 unspecified atom stereocenters. The normalized spacial score (nSPS) is 16.9. The van der Waals surface area contributed by atoms with Gasteiger partial charge in [0.15, 0.2) is 0 Å². The molecule has 35 heavy (non-hydrogen) atoms. The number of halogens is 3. The number of hydrogen-bond donors (Lipinski definition) is 1. The van der Waals surface area contributed by atoms with E-state index in [1.807, 2.05) is 12.1 Å². The monoisotopic (exact) mass is 537 g/mol. The fraction of sp³-hybridized carbons (Fsp3) is 0.296. The predicted octanol–water partition coefficient (Wildman–Crippen LogP) is 7.28. The number of carbonyl (C=O) groups is 1. The van der Waals surface area contributed by atoms with Crippen molar-refractivity contribution in [2.45, 2.75) is 34.8 Å². The van der Waals surface area contributed by atoms with E-state index < -0.39 is 0 Å². The van der Waals surface area contributed by atoms with Crippen LogP contribution in [0.15, 0.2) is 48.5 Å². The zero-order valence-corrected chi connectivity index (χ0v) is 23.6. The topological polar surface area (TPSA) is 47.6 Å². The van der Waals surface area contributed by atoms with Gasteiger partial charge in [-0.25, -0.2) is 0 Å². The Kier molecular flexibility index (Phi) is 7.88. The van der Waals surface area contributed by atoms with E-state index in [-0.39, 0.29) is 5.91 Å². The van der Waals surface area contributed by atoms with Crippen LogP contribution in [0.5, 0.6) is 17.2 Å². The molecule has 5 rings (SSSR count). The van der Waals surface area contributed by atoms with Crippen LogP contribution in [0.3, 0.4) is 0 Å². The molecule has 1 amide bonds. The van der Waals surface area contributed by atoms with Gasteiger partial charge < -0.3 is 0 Å². The summed E-state index contributed by atoms with van der Waals surface area (Å²) in [4.78, 5) is 12.6. The minimum absolute atomic E-state index is 0.154. The van der Waals surface area contributed by atoms with Crippen LogP contribution in [-0.2, 0) is 6.42 Å². The number of ether oxygens (including phenoxy) is 2. The standard InChI is InChI=1S/C27H23Cl3NO3.Na/c28-20-8-5-16(22(29)15-20)11-12-31-27(32)18-6-9-21(10-7-18)34-26-23(30)14-19-2-1-13-33-25(19)24(26)17-3-4-17;/h2,5-10,14-15,17H,1,3-4,11-13H2,(H,31,32);. The fourth-order valence-corrected chi connectivity index (χ4v) is 5.88. The summed E-state index contributed by atoms with van der Waals surface area (Å²) < 4.78 is 12.9. The molecule has 3 aromatic rings. The van der Waals surface area contributed by atoms with Gasteiger partial charge in [-0.3, -0.25) is 0 Å². The van der Waals surface area contributed by atoms with Gasteiger partial charge in [0.1, 0.15) is 0 Å². The van der Waals surface area contributed by atoms with Crippen molar-refractivity contribution in [3.05, 3.63) is 85.9 Å². The van der Waals surface area contributed by atoms with E-state index in [0.717, 1.165) is 70.7 Å². The molecule has 3 aromatic carbocycles. The summed E-state index contributed by atoms with van der Waals surface area (Å²) >= 11 is 19.9. The number of hydrogen-bond acceptors (Lipinski definition) is 3. The van der Waals surface area contributed by atoms with Crippen molar-refractivity contribution < 1.29 is 14.3 Å². The van der Waals surface area contributed by atoms with Crippen molar-refractivity contribution >= 4 is 68.6 Å². The first kappa shape index (κ1) is 25.3. The summed E-state index contributed by atoms with van der Waals surface area (Å²) in [7, 11) is 0. The zero-order chi connectivity index (χ0) is 24.5. The van der Waals surface area contributed by atoms with E-state index in [0.29, 0.717) is 54.2 Å². The number of amides is 1. The number of carbonyl (C=O) groups excluding carboxylic acids is 1. The molecule has 176 valence electrons. The molecule has 1 saturated carbocycles. The Labute approximate surface area is 237 Å². The molecule has 1 atom stereocenters. The van der Waals surface area contributed by atoms with E-state index in [1.165, 1.54) is 5.56 Å². The number of fused-ring (bicyclic) bond motifs is 1. The third kappa shape index (κ3) is 5.79. The summed E-state index contributed by atoms with van der Waals surface area (Å²) in [5, 5.41) is 4.75. The second kappa shape index (κ2) is 10.9. The maximum atomic E-state index is 12.6. The van der Waals surface area contributed by atoms with Crippen molar-refractivity contribution in [3.8, 4) is 17.2 Å². The summed E-state index contributed by atoms with van der Waals surface area (Å²) in [6, 6.07) is 14.5. The number of nitrogens with one attached hydrogen (secondary N) is 1. The first-order valence-corrected chi connectivity index (χ1v) is 14.2. The van der Waals surface area contributed by atoms with Gasteiger partial charge in [0.05, 0.1) is 0 Å². The molecular formula is C27H23Cl3NNaO3. The molecule has 0 spiro atoms. The van der Waals surface area contributed by atoms with Crippen LogP contribution < -0.4 is 14.8 Å². The van der Waals surface area contributed by atoms with Gasteiger partial charge in [0, 0.05) is 16.6 Å². The molecule has 0 aromatic heterocycles. The van der Waals surface area contributed by atoms with Crippen LogP contribution in [0.4, 0.5) is 0 Å². The van der Waals surface area contributed by atoms with Crippen molar-refractivity contribution in [3.63, 3.8) is 0 Å². The van der Waals surface area contributed by atoms with Crippen molar-refractivity contribution in [2.24, 2.45) is 0 Å². The van der Waals surface area contributed by atoms with Crippen LogP contribution in [-0.4, -0.2) is 47.0 Å². The molecule has 4 nitrogen and oxygen atoms in total. The van der Waals surface area contributed by atoms with Crippen LogP contribution in [0, 0.1) is 0 Å². The number of benzene rings is 3. The van der Waals surface area contributed by atoms with Gasteiger partial charge in [-0.1, -0.05) is 29.3 Å². The Hall–Kier alpha value is -1.40. The van der Waals surface area contributed by atoms with E-state index >= 15 is 0 Å². The van der Waals surface area contributed by atoms with Gasteiger partial charge >= 0.3 is 169 Å². The molecule has 1 heterocycles. The van der Waals surface area contributed by atoms with Gasteiger partial charge in [0.2, 0.25) is 0 Å². The van der Waals surface area contributed by atoms with Crippen LogP contribution >= 0.6 is 34.8 Å².